The quantitative estimate of drug-likeness (QED) is 0.515. The second-order valence-electron chi connectivity index (χ2n) is 7.90. The summed E-state index contributed by atoms with van der Waals surface area (Å²) in [5.41, 5.74) is 2.03. The highest BCUT2D eigenvalue weighted by atomic mass is 16.5. The molecule has 5 heteroatoms. The molecule has 1 aliphatic rings. The Hall–Kier alpha value is -2.89. The summed E-state index contributed by atoms with van der Waals surface area (Å²) in [5.74, 6) is 2.20. The molecule has 30 heavy (non-hydrogen) atoms. The van der Waals surface area contributed by atoms with Crippen molar-refractivity contribution in [3.8, 4) is 5.75 Å². The van der Waals surface area contributed by atoms with Gasteiger partial charge in [0, 0.05) is 24.5 Å². The maximum atomic E-state index is 10.8. The molecule has 1 unspecified atom stereocenters. The van der Waals surface area contributed by atoms with Crippen LogP contribution in [0.1, 0.15) is 24.6 Å². The van der Waals surface area contributed by atoms with Gasteiger partial charge in [-0.1, -0.05) is 48.5 Å². The second kappa shape index (κ2) is 8.46. The topological polar surface area (TPSA) is 56.5 Å². The molecule has 0 aliphatic carbocycles. The van der Waals surface area contributed by atoms with Crippen LogP contribution >= 0.6 is 0 Å². The van der Waals surface area contributed by atoms with Gasteiger partial charge in [-0.05, 0) is 36.4 Å². The van der Waals surface area contributed by atoms with Crippen LogP contribution < -0.4 is 4.74 Å². The summed E-state index contributed by atoms with van der Waals surface area (Å²) in [4.78, 5) is 4.90. The van der Waals surface area contributed by atoms with Gasteiger partial charge in [-0.3, -0.25) is 0 Å². The van der Waals surface area contributed by atoms with E-state index in [-0.39, 0.29) is 6.61 Å². The first-order valence-corrected chi connectivity index (χ1v) is 10.6. The minimum Gasteiger partial charge on any atom is -0.490 e. The number of imidazole rings is 1. The van der Waals surface area contributed by atoms with E-state index in [1.165, 1.54) is 0 Å². The van der Waals surface area contributed by atoms with Gasteiger partial charge in [0.15, 0.2) is 0 Å². The van der Waals surface area contributed by atoms with Crippen LogP contribution in [0.4, 0.5) is 0 Å². The van der Waals surface area contributed by atoms with Crippen molar-refractivity contribution in [1.82, 2.24) is 9.55 Å². The predicted molar refractivity (Wildman–Crippen MR) is 118 cm³/mol. The van der Waals surface area contributed by atoms with Crippen molar-refractivity contribution in [2.24, 2.45) is 0 Å². The normalized spacial score (nSPS) is 16.2. The lowest BCUT2D eigenvalue weighted by atomic mass is 9.99. The molecular weight excluding hydrogens is 376 g/mol. The molecule has 0 saturated carbocycles. The predicted octanol–water partition coefficient (Wildman–Crippen LogP) is 4.52. The zero-order valence-corrected chi connectivity index (χ0v) is 16.9. The largest absolute Gasteiger partial charge is 0.490 e. The fourth-order valence-electron chi connectivity index (χ4n) is 4.32. The smallest absolute Gasteiger partial charge is 0.127 e. The molecule has 0 radical (unpaired) electrons. The number of hydrogen-bond acceptors (Lipinski definition) is 4. The number of hydrogen-bond donors (Lipinski definition) is 1. The van der Waals surface area contributed by atoms with Gasteiger partial charge in [0.2, 0.25) is 0 Å². The molecule has 0 spiro atoms. The summed E-state index contributed by atoms with van der Waals surface area (Å²) in [5, 5.41) is 13.0. The van der Waals surface area contributed by atoms with Crippen LogP contribution in [-0.4, -0.2) is 40.6 Å². The zero-order chi connectivity index (χ0) is 20.3. The lowest BCUT2D eigenvalue weighted by Crippen LogP contribution is -2.26. The molecule has 4 aromatic rings. The van der Waals surface area contributed by atoms with E-state index in [1.54, 1.807) is 0 Å². The molecule has 1 atom stereocenters. The Balaban J connectivity index is 1.37. The van der Waals surface area contributed by atoms with Gasteiger partial charge in [0.25, 0.3) is 0 Å². The standard InChI is InChI=1S/C25H26N2O3/c28-20(17-30-24-11-5-7-18-6-1-2-8-21(18)24)16-27-23-10-4-3-9-22(23)26-25(27)19-12-14-29-15-13-19/h1-11,19-20,28H,12-17H2. The SMILES string of the molecule is OC(COc1cccc2ccccc12)Cn1c(C2CCOCC2)nc2ccccc21. The van der Waals surface area contributed by atoms with E-state index in [0.29, 0.717) is 12.5 Å². The second-order valence-corrected chi connectivity index (χ2v) is 7.90. The third-order valence-corrected chi connectivity index (χ3v) is 5.84. The number of aliphatic hydroxyl groups is 1. The van der Waals surface area contributed by atoms with Crippen molar-refractivity contribution in [3.63, 3.8) is 0 Å². The molecule has 3 aromatic carbocycles. The van der Waals surface area contributed by atoms with Gasteiger partial charge in [0.1, 0.15) is 24.3 Å². The highest BCUT2D eigenvalue weighted by molar-refractivity contribution is 5.88. The van der Waals surface area contributed by atoms with Crippen LogP contribution in [0.5, 0.6) is 5.75 Å². The van der Waals surface area contributed by atoms with Crippen molar-refractivity contribution in [3.05, 3.63) is 72.6 Å². The van der Waals surface area contributed by atoms with Crippen molar-refractivity contribution in [1.29, 1.82) is 0 Å². The lowest BCUT2D eigenvalue weighted by Gasteiger charge is -2.24. The Morgan fingerprint density at radius 1 is 1.00 bits per heavy atom. The molecule has 1 aliphatic heterocycles. The van der Waals surface area contributed by atoms with Crippen LogP contribution in [0.15, 0.2) is 66.7 Å². The van der Waals surface area contributed by atoms with Crippen LogP contribution in [0.2, 0.25) is 0 Å². The van der Waals surface area contributed by atoms with Crippen LogP contribution in [0.25, 0.3) is 21.8 Å². The molecule has 5 nitrogen and oxygen atoms in total. The fourth-order valence-corrected chi connectivity index (χ4v) is 4.32. The average Bonchev–Trinajstić information content (AvgIpc) is 3.16. The highest BCUT2D eigenvalue weighted by Gasteiger charge is 2.24. The highest BCUT2D eigenvalue weighted by Crippen LogP contribution is 2.30. The van der Waals surface area contributed by atoms with Crippen LogP contribution in [-0.2, 0) is 11.3 Å². The van der Waals surface area contributed by atoms with Crippen molar-refractivity contribution >= 4 is 21.8 Å². The number of rotatable bonds is 6. The number of fused-ring (bicyclic) bond motifs is 2. The maximum absolute atomic E-state index is 10.8. The Morgan fingerprint density at radius 3 is 2.67 bits per heavy atom. The van der Waals surface area contributed by atoms with Crippen molar-refractivity contribution in [2.45, 2.75) is 31.4 Å². The molecule has 1 saturated heterocycles. The molecule has 1 aromatic heterocycles. The molecule has 1 fully saturated rings. The molecular formula is C25H26N2O3. The lowest BCUT2D eigenvalue weighted by molar-refractivity contribution is 0.0782. The number of aromatic nitrogens is 2. The van der Waals surface area contributed by atoms with E-state index in [0.717, 1.165) is 59.4 Å². The van der Waals surface area contributed by atoms with E-state index >= 15 is 0 Å². The first kappa shape index (κ1) is 19.1. The Labute approximate surface area is 175 Å². The molecule has 5 rings (SSSR count). The third-order valence-electron chi connectivity index (χ3n) is 5.84. The monoisotopic (exact) mass is 402 g/mol. The molecule has 1 N–H and O–H groups in total. The van der Waals surface area contributed by atoms with Crippen molar-refractivity contribution in [2.75, 3.05) is 19.8 Å². The molecule has 2 heterocycles. The average molecular weight is 402 g/mol. The fraction of sp³-hybridized carbons (Fsp3) is 0.320. The summed E-state index contributed by atoms with van der Waals surface area (Å²) >= 11 is 0. The summed E-state index contributed by atoms with van der Waals surface area (Å²) in [6.45, 7) is 2.22. The van der Waals surface area contributed by atoms with Crippen LogP contribution in [0.3, 0.4) is 0 Å². The van der Waals surface area contributed by atoms with Gasteiger partial charge in [0.05, 0.1) is 17.6 Å². The number of para-hydroxylation sites is 2. The van der Waals surface area contributed by atoms with E-state index in [2.05, 4.69) is 22.8 Å². The summed E-state index contributed by atoms with van der Waals surface area (Å²) in [6.07, 6.45) is 1.29. The van der Waals surface area contributed by atoms with Gasteiger partial charge < -0.3 is 19.1 Å². The van der Waals surface area contributed by atoms with Gasteiger partial charge >= 0.3 is 0 Å². The van der Waals surface area contributed by atoms with E-state index in [1.807, 2.05) is 48.5 Å². The number of aliphatic hydroxyl groups excluding tert-OH is 1. The zero-order valence-electron chi connectivity index (χ0n) is 16.9. The summed E-state index contributed by atoms with van der Waals surface area (Å²) in [6, 6.07) is 22.3. The van der Waals surface area contributed by atoms with E-state index < -0.39 is 6.10 Å². The van der Waals surface area contributed by atoms with Gasteiger partial charge in [-0.2, -0.15) is 0 Å². The molecule has 0 bridgehead atoms. The number of benzene rings is 3. The van der Waals surface area contributed by atoms with E-state index in [4.69, 9.17) is 14.5 Å². The number of nitrogens with zero attached hydrogens (tertiary/aromatic N) is 2. The number of ether oxygens (including phenoxy) is 2. The van der Waals surface area contributed by atoms with Crippen molar-refractivity contribution < 1.29 is 14.6 Å². The van der Waals surface area contributed by atoms with Gasteiger partial charge in [-0.15, -0.1) is 0 Å². The van der Waals surface area contributed by atoms with E-state index in [9.17, 15) is 5.11 Å². The maximum Gasteiger partial charge on any atom is 0.127 e. The first-order chi connectivity index (χ1) is 14.8. The Morgan fingerprint density at radius 2 is 1.77 bits per heavy atom. The molecule has 154 valence electrons. The minimum atomic E-state index is -0.639. The molecule has 0 amide bonds. The first-order valence-electron chi connectivity index (χ1n) is 10.6. The Bertz CT molecular complexity index is 1140. The van der Waals surface area contributed by atoms with Crippen LogP contribution in [0, 0.1) is 0 Å². The van der Waals surface area contributed by atoms with Gasteiger partial charge in [-0.25, -0.2) is 4.98 Å². The minimum absolute atomic E-state index is 0.230. The Kier molecular flexibility index (Phi) is 5.39. The summed E-state index contributed by atoms with van der Waals surface area (Å²) in [7, 11) is 0. The third kappa shape index (κ3) is 3.78. The summed E-state index contributed by atoms with van der Waals surface area (Å²) < 4.78 is 13.7.